The molecule has 2 amide bonds. The maximum absolute atomic E-state index is 13.4. The summed E-state index contributed by atoms with van der Waals surface area (Å²) >= 11 is 0. The van der Waals surface area contributed by atoms with Crippen LogP contribution in [0.1, 0.15) is 48.0 Å². The van der Waals surface area contributed by atoms with Crippen LogP contribution in [0.5, 0.6) is 0 Å². The lowest BCUT2D eigenvalue weighted by molar-refractivity contribution is -0.131. The van der Waals surface area contributed by atoms with Crippen LogP contribution in [0.3, 0.4) is 0 Å². The van der Waals surface area contributed by atoms with Crippen molar-refractivity contribution in [1.29, 1.82) is 0 Å². The van der Waals surface area contributed by atoms with Gasteiger partial charge in [0.1, 0.15) is 0 Å². The normalized spacial score (nSPS) is 16.7. The third-order valence-corrected chi connectivity index (χ3v) is 7.05. The van der Waals surface area contributed by atoms with Crippen molar-refractivity contribution in [1.82, 2.24) is 14.8 Å². The van der Waals surface area contributed by atoms with Gasteiger partial charge in [0.05, 0.1) is 11.8 Å². The van der Waals surface area contributed by atoms with Crippen molar-refractivity contribution in [2.24, 2.45) is 5.92 Å². The Hall–Kier alpha value is -3.41. The molecule has 6 nitrogen and oxygen atoms in total. The van der Waals surface area contributed by atoms with Crippen LogP contribution in [0.4, 0.5) is 0 Å². The highest BCUT2D eigenvalue weighted by atomic mass is 16.4. The first-order chi connectivity index (χ1) is 16.6. The van der Waals surface area contributed by atoms with Gasteiger partial charge < -0.3 is 14.2 Å². The summed E-state index contributed by atoms with van der Waals surface area (Å²) in [5, 5.41) is 0. The third kappa shape index (κ3) is 4.76. The molecule has 0 saturated carbocycles. The predicted molar refractivity (Wildman–Crippen MR) is 131 cm³/mol. The van der Waals surface area contributed by atoms with Gasteiger partial charge in [-0.2, -0.15) is 0 Å². The maximum Gasteiger partial charge on any atom is 0.254 e. The molecule has 0 N–H and O–H groups in total. The molecule has 6 heteroatoms. The molecular weight excluding hydrogens is 426 g/mol. The van der Waals surface area contributed by atoms with E-state index in [4.69, 9.17) is 4.42 Å². The molecule has 34 heavy (non-hydrogen) atoms. The Morgan fingerprint density at radius 2 is 1.65 bits per heavy atom. The predicted octanol–water partition coefficient (Wildman–Crippen LogP) is 5.18. The number of likely N-dealkylation sites (tertiary alicyclic amines) is 2. The average molecular weight is 458 g/mol. The lowest BCUT2D eigenvalue weighted by Crippen LogP contribution is -2.40. The Bertz CT molecular complexity index is 1150. The number of carbonyl (C=O) groups excluding carboxylic acids is 2. The van der Waals surface area contributed by atoms with E-state index in [0.717, 1.165) is 44.3 Å². The zero-order valence-electron chi connectivity index (χ0n) is 19.7. The number of carbonyl (C=O) groups is 2. The minimum absolute atomic E-state index is 0.00462. The highest BCUT2D eigenvalue weighted by Gasteiger charge is 2.29. The molecule has 2 aromatic carbocycles. The standard InChI is InChI=1S/C28H31N3O3/c1-20-8-10-22(11-9-20)25-19-29-27(34-25)23-6-2-3-7-24(23)28(33)31-16-12-21(13-17-31)18-26(32)30-14-4-5-15-30/h2-3,6-11,19,21H,4-5,12-18H2,1H3. The van der Waals surface area contributed by atoms with Gasteiger partial charge in [-0.3, -0.25) is 9.59 Å². The lowest BCUT2D eigenvalue weighted by atomic mass is 9.92. The molecular formula is C28H31N3O3. The van der Waals surface area contributed by atoms with Crippen LogP contribution in [-0.2, 0) is 4.79 Å². The zero-order chi connectivity index (χ0) is 23.5. The first-order valence-electron chi connectivity index (χ1n) is 12.3. The molecule has 0 radical (unpaired) electrons. The molecule has 1 aromatic heterocycles. The van der Waals surface area contributed by atoms with Crippen molar-refractivity contribution in [2.75, 3.05) is 26.2 Å². The van der Waals surface area contributed by atoms with E-state index in [-0.39, 0.29) is 11.8 Å². The monoisotopic (exact) mass is 457 g/mol. The fourth-order valence-corrected chi connectivity index (χ4v) is 4.96. The maximum atomic E-state index is 13.4. The SMILES string of the molecule is Cc1ccc(-c2cnc(-c3ccccc3C(=O)N3CCC(CC(=O)N4CCCC4)CC3)o2)cc1. The van der Waals surface area contributed by atoms with Gasteiger partial charge in [0.2, 0.25) is 11.8 Å². The van der Waals surface area contributed by atoms with Crippen LogP contribution < -0.4 is 0 Å². The molecule has 3 heterocycles. The van der Waals surface area contributed by atoms with Crippen LogP contribution in [0, 0.1) is 12.8 Å². The summed E-state index contributed by atoms with van der Waals surface area (Å²) in [7, 11) is 0. The van der Waals surface area contributed by atoms with Crippen LogP contribution in [0.2, 0.25) is 0 Å². The number of aromatic nitrogens is 1. The van der Waals surface area contributed by atoms with E-state index in [9.17, 15) is 9.59 Å². The van der Waals surface area contributed by atoms with Crippen LogP contribution in [-0.4, -0.2) is 52.8 Å². The highest BCUT2D eigenvalue weighted by molar-refractivity contribution is 6.00. The van der Waals surface area contributed by atoms with E-state index in [0.29, 0.717) is 48.2 Å². The molecule has 2 aliphatic rings. The highest BCUT2D eigenvalue weighted by Crippen LogP contribution is 2.30. The van der Waals surface area contributed by atoms with Gasteiger partial charge in [0.25, 0.3) is 5.91 Å². The van der Waals surface area contributed by atoms with E-state index in [2.05, 4.69) is 4.98 Å². The third-order valence-electron chi connectivity index (χ3n) is 7.05. The lowest BCUT2D eigenvalue weighted by Gasteiger charge is -2.32. The van der Waals surface area contributed by atoms with Crippen LogP contribution in [0.15, 0.2) is 59.1 Å². The summed E-state index contributed by atoms with van der Waals surface area (Å²) in [5.41, 5.74) is 3.45. The number of amides is 2. The fraction of sp³-hybridized carbons (Fsp3) is 0.393. The Labute approximate surface area is 200 Å². The van der Waals surface area contributed by atoms with Crippen LogP contribution in [0.25, 0.3) is 22.8 Å². The summed E-state index contributed by atoms with van der Waals surface area (Å²) in [6, 6.07) is 15.6. The molecule has 0 spiro atoms. The Morgan fingerprint density at radius 3 is 2.38 bits per heavy atom. The molecule has 2 aliphatic heterocycles. The average Bonchev–Trinajstić information content (AvgIpc) is 3.58. The molecule has 3 aromatic rings. The second-order valence-corrected chi connectivity index (χ2v) is 9.47. The molecule has 0 aliphatic carbocycles. The van der Waals surface area contributed by atoms with Crippen LogP contribution >= 0.6 is 0 Å². The summed E-state index contributed by atoms with van der Waals surface area (Å²) in [5.74, 6) is 1.76. The van der Waals surface area contributed by atoms with Gasteiger partial charge in [-0.1, -0.05) is 42.0 Å². The topological polar surface area (TPSA) is 66.7 Å². The Kier molecular flexibility index (Phi) is 6.48. The molecule has 0 unspecified atom stereocenters. The number of oxazole rings is 1. The molecule has 2 saturated heterocycles. The minimum atomic E-state index is -0.00462. The van der Waals surface area contributed by atoms with Crippen molar-refractivity contribution < 1.29 is 14.0 Å². The largest absolute Gasteiger partial charge is 0.436 e. The number of hydrogen-bond acceptors (Lipinski definition) is 4. The van der Waals surface area contributed by atoms with Gasteiger partial charge in [0.15, 0.2) is 5.76 Å². The number of rotatable bonds is 5. The zero-order valence-corrected chi connectivity index (χ0v) is 19.7. The molecule has 5 rings (SSSR count). The molecule has 176 valence electrons. The van der Waals surface area contributed by atoms with Gasteiger partial charge in [-0.25, -0.2) is 4.98 Å². The summed E-state index contributed by atoms with van der Waals surface area (Å²) in [6.07, 6.45) is 6.29. The van der Waals surface area contributed by atoms with Crippen molar-refractivity contribution in [3.8, 4) is 22.8 Å². The minimum Gasteiger partial charge on any atom is -0.436 e. The molecule has 0 bridgehead atoms. The first kappa shape index (κ1) is 22.4. The summed E-state index contributed by atoms with van der Waals surface area (Å²) in [4.78, 5) is 34.3. The van der Waals surface area contributed by atoms with E-state index >= 15 is 0 Å². The second-order valence-electron chi connectivity index (χ2n) is 9.47. The summed E-state index contributed by atoms with van der Waals surface area (Å²) in [6.45, 7) is 5.20. The second kappa shape index (κ2) is 9.84. The Balaban J connectivity index is 1.26. The van der Waals surface area contributed by atoms with E-state index < -0.39 is 0 Å². The Morgan fingerprint density at radius 1 is 0.941 bits per heavy atom. The number of hydrogen-bond donors (Lipinski definition) is 0. The van der Waals surface area contributed by atoms with Crippen molar-refractivity contribution in [3.63, 3.8) is 0 Å². The van der Waals surface area contributed by atoms with Crippen molar-refractivity contribution in [2.45, 2.75) is 39.0 Å². The number of nitrogens with zero attached hydrogens (tertiary/aromatic N) is 3. The quantitative estimate of drug-likeness (QED) is 0.529. The van der Waals surface area contributed by atoms with Crippen molar-refractivity contribution >= 4 is 11.8 Å². The van der Waals surface area contributed by atoms with Gasteiger partial charge in [-0.15, -0.1) is 0 Å². The van der Waals surface area contributed by atoms with Gasteiger partial charge >= 0.3 is 0 Å². The summed E-state index contributed by atoms with van der Waals surface area (Å²) < 4.78 is 6.06. The van der Waals surface area contributed by atoms with E-state index in [1.807, 2.05) is 65.3 Å². The van der Waals surface area contributed by atoms with E-state index in [1.54, 1.807) is 6.20 Å². The van der Waals surface area contributed by atoms with Crippen molar-refractivity contribution in [3.05, 3.63) is 65.9 Å². The fourth-order valence-electron chi connectivity index (χ4n) is 4.96. The first-order valence-corrected chi connectivity index (χ1v) is 12.3. The molecule has 2 fully saturated rings. The van der Waals surface area contributed by atoms with Gasteiger partial charge in [-0.05, 0) is 50.7 Å². The smallest absolute Gasteiger partial charge is 0.254 e. The molecule has 0 atom stereocenters. The number of aryl methyl sites for hydroxylation is 1. The van der Waals surface area contributed by atoms with E-state index in [1.165, 1.54) is 5.56 Å². The number of benzene rings is 2. The van der Waals surface area contributed by atoms with Gasteiger partial charge in [0, 0.05) is 43.7 Å². The number of piperidine rings is 1.